The summed E-state index contributed by atoms with van der Waals surface area (Å²) in [5, 5.41) is 3.05. The first-order chi connectivity index (χ1) is 13.2. The highest BCUT2D eigenvalue weighted by Crippen LogP contribution is 2.20. The number of thioether (sulfide) groups is 1. The van der Waals surface area contributed by atoms with Crippen LogP contribution in [0.5, 0.6) is 0 Å². The van der Waals surface area contributed by atoms with Crippen molar-refractivity contribution in [2.45, 2.75) is 12.5 Å². The van der Waals surface area contributed by atoms with Crippen molar-refractivity contribution in [3.63, 3.8) is 0 Å². The first-order valence-electron chi connectivity index (χ1n) is 8.82. The van der Waals surface area contributed by atoms with Crippen LogP contribution in [0.15, 0.2) is 54.6 Å². The van der Waals surface area contributed by atoms with E-state index >= 15 is 0 Å². The molecule has 1 aliphatic rings. The first-order valence-corrected chi connectivity index (χ1v) is 9.98. The number of para-hydroxylation sites is 2. The van der Waals surface area contributed by atoms with Gasteiger partial charge in [-0.1, -0.05) is 42.5 Å². The molecule has 2 aromatic carbocycles. The van der Waals surface area contributed by atoms with E-state index in [2.05, 4.69) is 15.3 Å². The number of carbonyl (C=O) groups excluding carboxylic acids is 2. The number of amides is 2. The van der Waals surface area contributed by atoms with Gasteiger partial charge in [0.1, 0.15) is 12.4 Å². The molecule has 2 N–H and O–H groups in total. The Hall–Kier alpha value is -2.80. The molecule has 4 rings (SSSR count). The number of fused-ring (bicyclic) bond motifs is 1. The monoisotopic (exact) mass is 380 g/mol. The van der Waals surface area contributed by atoms with E-state index in [1.165, 1.54) is 11.8 Å². The van der Waals surface area contributed by atoms with Crippen LogP contribution in [-0.4, -0.2) is 44.9 Å². The molecule has 3 aromatic rings. The van der Waals surface area contributed by atoms with Gasteiger partial charge in [-0.3, -0.25) is 9.59 Å². The van der Waals surface area contributed by atoms with Gasteiger partial charge < -0.3 is 15.2 Å². The van der Waals surface area contributed by atoms with Gasteiger partial charge in [-0.05, 0) is 24.1 Å². The topological polar surface area (TPSA) is 78.1 Å². The van der Waals surface area contributed by atoms with Crippen molar-refractivity contribution < 1.29 is 9.59 Å². The highest BCUT2D eigenvalue weighted by atomic mass is 32.2. The summed E-state index contributed by atoms with van der Waals surface area (Å²) < 4.78 is 0. The SMILES string of the molecule is O=C(CN1CSCC1=O)N[C@@H](Cc1ccccc1)c1nc2ccccc2[nH]1. The summed E-state index contributed by atoms with van der Waals surface area (Å²) in [5.41, 5.74) is 2.91. The Bertz CT molecular complexity index is 924. The van der Waals surface area contributed by atoms with Crippen molar-refractivity contribution >= 4 is 34.6 Å². The highest BCUT2D eigenvalue weighted by molar-refractivity contribution is 8.00. The van der Waals surface area contributed by atoms with Crippen LogP contribution in [0, 0.1) is 0 Å². The third kappa shape index (κ3) is 4.14. The van der Waals surface area contributed by atoms with Crippen molar-refractivity contribution in [2.24, 2.45) is 0 Å². The lowest BCUT2D eigenvalue weighted by Crippen LogP contribution is -2.40. The fourth-order valence-electron chi connectivity index (χ4n) is 3.16. The van der Waals surface area contributed by atoms with Crippen LogP contribution < -0.4 is 5.32 Å². The lowest BCUT2D eigenvalue weighted by molar-refractivity contribution is -0.132. The van der Waals surface area contributed by atoms with Crippen LogP contribution in [0.4, 0.5) is 0 Å². The number of H-pyrrole nitrogens is 1. The molecule has 0 spiro atoms. The molecule has 2 heterocycles. The Morgan fingerprint density at radius 1 is 1.19 bits per heavy atom. The van der Waals surface area contributed by atoms with Crippen LogP contribution in [0.3, 0.4) is 0 Å². The van der Waals surface area contributed by atoms with Gasteiger partial charge >= 0.3 is 0 Å². The number of carbonyl (C=O) groups is 2. The molecule has 6 nitrogen and oxygen atoms in total. The molecule has 1 atom stereocenters. The van der Waals surface area contributed by atoms with Crippen LogP contribution >= 0.6 is 11.8 Å². The molecule has 7 heteroatoms. The largest absolute Gasteiger partial charge is 0.344 e. The number of aromatic amines is 1. The molecule has 0 bridgehead atoms. The maximum absolute atomic E-state index is 12.6. The van der Waals surface area contributed by atoms with Gasteiger partial charge in [0.2, 0.25) is 11.8 Å². The molecule has 0 radical (unpaired) electrons. The number of nitrogens with zero attached hydrogens (tertiary/aromatic N) is 2. The van der Waals surface area contributed by atoms with Gasteiger partial charge in [-0.15, -0.1) is 11.8 Å². The molecule has 2 amide bonds. The second-order valence-electron chi connectivity index (χ2n) is 6.52. The van der Waals surface area contributed by atoms with E-state index in [4.69, 9.17) is 0 Å². The Morgan fingerprint density at radius 2 is 1.96 bits per heavy atom. The summed E-state index contributed by atoms with van der Waals surface area (Å²) in [6, 6.07) is 17.5. The Morgan fingerprint density at radius 3 is 2.70 bits per heavy atom. The van der Waals surface area contributed by atoms with Gasteiger partial charge in [0, 0.05) is 0 Å². The minimum absolute atomic E-state index is 0.0125. The first kappa shape index (κ1) is 17.6. The molecule has 0 aliphatic carbocycles. The van der Waals surface area contributed by atoms with Crippen molar-refractivity contribution in [2.75, 3.05) is 18.2 Å². The second-order valence-corrected chi connectivity index (χ2v) is 7.47. The molecular weight excluding hydrogens is 360 g/mol. The summed E-state index contributed by atoms with van der Waals surface area (Å²) in [7, 11) is 0. The van der Waals surface area contributed by atoms with Crippen LogP contribution in [0.2, 0.25) is 0 Å². The zero-order chi connectivity index (χ0) is 18.6. The Labute approximate surface area is 161 Å². The van der Waals surface area contributed by atoms with Crippen LogP contribution in [0.25, 0.3) is 11.0 Å². The predicted octanol–water partition coefficient (Wildman–Crippen LogP) is 2.50. The van der Waals surface area contributed by atoms with E-state index in [0.29, 0.717) is 18.1 Å². The maximum atomic E-state index is 12.6. The van der Waals surface area contributed by atoms with E-state index in [1.54, 1.807) is 4.90 Å². The average molecular weight is 380 g/mol. The minimum Gasteiger partial charge on any atom is -0.344 e. The van der Waals surface area contributed by atoms with Crippen molar-refractivity contribution in [1.82, 2.24) is 20.2 Å². The fraction of sp³-hybridized carbons (Fsp3) is 0.250. The number of hydrogen-bond acceptors (Lipinski definition) is 4. The quantitative estimate of drug-likeness (QED) is 0.689. The summed E-state index contributed by atoms with van der Waals surface area (Å²) >= 11 is 1.53. The van der Waals surface area contributed by atoms with Gasteiger partial charge in [0.15, 0.2) is 0 Å². The second kappa shape index (κ2) is 7.84. The predicted molar refractivity (Wildman–Crippen MR) is 106 cm³/mol. The molecule has 0 unspecified atom stereocenters. The number of aromatic nitrogens is 2. The number of rotatable bonds is 6. The highest BCUT2D eigenvalue weighted by Gasteiger charge is 2.25. The van der Waals surface area contributed by atoms with E-state index in [0.717, 1.165) is 22.4 Å². The summed E-state index contributed by atoms with van der Waals surface area (Å²) in [4.78, 5) is 33.9. The molecule has 1 aromatic heterocycles. The van der Waals surface area contributed by atoms with E-state index in [-0.39, 0.29) is 24.4 Å². The molecule has 1 saturated heterocycles. The lowest BCUT2D eigenvalue weighted by Gasteiger charge is -2.20. The van der Waals surface area contributed by atoms with Gasteiger partial charge in [0.25, 0.3) is 0 Å². The standard InChI is InChI=1S/C20H20N4O2S/c25-18(11-24-13-27-12-19(24)26)21-17(10-14-6-2-1-3-7-14)20-22-15-8-4-5-9-16(15)23-20/h1-9,17H,10-13H2,(H,21,25)(H,22,23)/t17-/m0/s1. The normalized spacial score (nSPS) is 15.3. The van der Waals surface area contributed by atoms with Crippen LogP contribution in [0.1, 0.15) is 17.4 Å². The molecule has 1 aliphatic heterocycles. The Kier molecular flexibility index (Phi) is 5.11. The van der Waals surface area contributed by atoms with E-state index in [1.807, 2.05) is 54.6 Å². The van der Waals surface area contributed by atoms with E-state index < -0.39 is 0 Å². The average Bonchev–Trinajstić information content (AvgIpc) is 3.28. The van der Waals surface area contributed by atoms with Crippen LogP contribution in [-0.2, 0) is 16.0 Å². The zero-order valence-corrected chi connectivity index (χ0v) is 15.5. The van der Waals surface area contributed by atoms with Crippen molar-refractivity contribution in [3.8, 4) is 0 Å². The third-order valence-corrected chi connectivity index (χ3v) is 5.46. The molecular formula is C20H20N4O2S. The number of benzene rings is 2. The van der Waals surface area contributed by atoms with Gasteiger partial charge in [-0.25, -0.2) is 4.98 Å². The van der Waals surface area contributed by atoms with Gasteiger partial charge in [0.05, 0.1) is 28.7 Å². The molecule has 138 valence electrons. The minimum atomic E-state index is -0.294. The Balaban J connectivity index is 1.55. The summed E-state index contributed by atoms with van der Waals surface area (Å²) in [6.07, 6.45) is 0.620. The van der Waals surface area contributed by atoms with E-state index in [9.17, 15) is 9.59 Å². The van der Waals surface area contributed by atoms with Crippen molar-refractivity contribution in [1.29, 1.82) is 0 Å². The molecule has 27 heavy (non-hydrogen) atoms. The molecule has 1 fully saturated rings. The van der Waals surface area contributed by atoms with Crippen molar-refractivity contribution in [3.05, 3.63) is 66.0 Å². The number of hydrogen-bond donors (Lipinski definition) is 2. The summed E-state index contributed by atoms with van der Waals surface area (Å²) in [5.74, 6) is 1.58. The van der Waals surface area contributed by atoms with Gasteiger partial charge in [-0.2, -0.15) is 0 Å². The molecule has 0 saturated carbocycles. The number of nitrogens with one attached hydrogen (secondary N) is 2. The lowest BCUT2D eigenvalue weighted by atomic mass is 10.1. The smallest absolute Gasteiger partial charge is 0.240 e. The third-order valence-electron chi connectivity index (χ3n) is 4.52. The fourth-order valence-corrected chi connectivity index (χ4v) is 4.06. The maximum Gasteiger partial charge on any atom is 0.240 e. The zero-order valence-electron chi connectivity index (χ0n) is 14.7. The number of imidazole rings is 1. The summed E-state index contributed by atoms with van der Waals surface area (Å²) in [6.45, 7) is 0.0807.